The Kier molecular flexibility index (Phi) is 7.14. The maximum Gasteiger partial charge on any atom is 0.418 e. The lowest BCUT2D eigenvalue weighted by molar-refractivity contribution is -0.136. The highest BCUT2D eigenvalue weighted by Crippen LogP contribution is 2.38. The minimum Gasteiger partial charge on any atom is -0.366 e. The van der Waals surface area contributed by atoms with Crippen LogP contribution in [0.15, 0.2) is 84.9 Å². The van der Waals surface area contributed by atoms with Gasteiger partial charge in [0.2, 0.25) is 5.91 Å². The standard InChI is InChI=1S/C30H22ClF4N3O/c31-23-13-12-22(26(32)16-23)17-38-28(24-8-3-9-25(27(24)37-38)30(33,34)35)20-6-1-4-18(14-20)10-11-19-5-2-7-21(15-19)29(36)39/h1-9,12-16H,10-11,17H2,(H2,36,39). The molecule has 0 bridgehead atoms. The molecule has 9 heteroatoms. The Morgan fingerprint density at radius 2 is 1.59 bits per heavy atom. The molecule has 0 spiro atoms. The Morgan fingerprint density at radius 3 is 2.28 bits per heavy atom. The van der Waals surface area contributed by atoms with Crippen LogP contribution in [0.1, 0.15) is 32.6 Å². The van der Waals surface area contributed by atoms with Crippen LogP contribution in [0, 0.1) is 5.82 Å². The second-order valence-corrected chi connectivity index (χ2v) is 9.64. The van der Waals surface area contributed by atoms with E-state index in [1.54, 1.807) is 30.3 Å². The average molecular weight is 552 g/mol. The number of alkyl halides is 3. The van der Waals surface area contributed by atoms with Gasteiger partial charge in [0.15, 0.2) is 0 Å². The topological polar surface area (TPSA) is 60.9 Å². The van der Waals surface area contributed by atoms with Gasteiger partial charge in [0.1, 0.15) is 11.3 Å². The van der Waals surface area contributed by atoms with Crippen molar-refractivity contribution >= 4 is 28.4 Å². The number of nitrogens with two attached hydrogens (primary N) is 1. The van der Waals surface area contributed by atoms with E-state index >= 15 is 0 Å². The molecule has 2 N–H and O–H groups in total. The van der Waals surface area contributed by atoms with Crippen LogP contribution in [-0.4, -0.2) is 15.7 Å². The maximum absolute atomic E-state index is 14.7. The highest BCUT2D eigenvalue weighted by atomic mass is 35.5. The van der Waals surface area contributed by atoms with Crippen molar-refractivity contribution in [2.24, 2.45) is 5.73 Å². The molecule has 1 amide bonds. The van der Waals surface area contributed by atoms with E-state index in [2.05, 4.69) is 5.10 Å². The van der Waals surface area contributed by atoms with Crippen LogP contribution < -0.4 is 5.73 Å². The smallest absolute Gasteiger partial charge is 0.366 e. The Morgan fingerprint density at radius 1 is 0.897 bits per heavy atom. The van der Waals surface area contributed by atoms with Gasteiger partial charge in [-0.1, -0.05) is 60.1 Å². The van der Waals surface area contributed by atoms with Crippen molar-refractivity contribution in [3.63, 3.8) is 0 Å². The molecule has 4 nitrogen and oxygen atoms in total. The molecule has 0 fully saturated rings. The van der Waals surface area contributed by atoms with Crippen LogP contribution in [0.4, 0.5) is 17.6 Å². The molecular weight excluding hydrogens is 530 g/mol. The second kappa shape index (κ2) is 10.5. The summed E-state index contributed by atoms with van der Waals surface area (Å²) in [5.74, 6) is -1.08. The van der Waals surface area contributed by atoms with Gasteiger partial charge in [-0.25, -0.2) is 4.39 Å². The predicted molar refractivity (Wildman–Crippen MR) is 143 cm³/mol. The number of benzene rings is 4. The largest absolute Gasteiger partial charge is 0.418 e. The van der Waals surface area contributed by atoms with Gasteiger partial charge in [-0.2, -0.15) is 18.3 Å². The number of aromatic nitrogens is 2. The first-order chi connectivity index (χ1) is 18.6. The molecule has 198 valence electrons. The summed E-state index contributed by atoms with van der Waals surface area (Å²) in [4.78, 5) is 11.5. The minimum absolute atomic E-state index is 0.0888. The van der Waals surface area contributed by atoms with Crippen molar-refractivity contribution in [1.29, 1.82) is 0 Å². The van der Waals surface area contributed by atoms with Gasteiger partial charge in [0.05, 0.1) is 17.8 Å². The summed E-state index contributed by atoms with van der Waals surface area (Å²) in [5, 5.41) is 4.85. The fraction of sp³-hybridized carbons (Fsp3) is 0.133. The number of rotatable bonds is 7. The summed E-state index contributed by atoms with van der Waals surface area (Å²) in [6, 6.07) is 22.6. The zero-order chi connectivity index (χ0) is 27.7. The molecule has 0 unspecified atom stereocenters. The molecular formula is C30H22ClF4N3O. The van der Waals surface area contributed by atoms with Crippen LogP contribution in [-0.2, 0) is 25.6 Å². The lowest BCUT2D eigenvalue weighted by Gasteiger charge is -2.11. The van der Waals surface area contributed by atoms with E-state index in [1.165, 1.54) is 22.9 Å². The SMILES string of the molecule is NC(=O)c1cccc(CCc2cccc(-c3c4cccc(C(F)(F)F)c4nn3Cc3ccc(Cl)cc3F)c2)c1. The third kappa shape index (κ3) is 5.66. The van der Waals surface area contributed by atoms with E-state index in [0.29, 0.717) is 35.0 Å². The molecule has 1 aromatic heterocycles. The summed E-state index contributed by atoms with van der Waals surface area (Å²) >= 11 is 5.89. The molecule has 5 rings (SSSR count). The monoisotopic (exact) mass is 551 g/mol. The number of nitrogens with zero attached hydrogens (tertiary/aromatic N) is 2. The fourth-order valence-corrected chi connectivity index (χ4v) is 4.81. The highest BCUT2D eigenvalue weighted by molar-refractivity contribution is 6.30. The number of hydrogen-bond donors (Lipinski definition) is 1. The Bertz CT molecular complexity index is 1690. The maximum atomic E-state index is 14.7. The number of aryl methyl sites for hydroxylation is 2. The molecule has 0 radical (unpaired) electrons. The zero-order valence-electron chi connectivity index (χ0n) is 20.5. The summed E-state index contributed by atoms with van der Waals surface area (Å²) in [6.07, 6.45) is -3.37. The second-order valence-electron chi connectivity index (χ2n) is 9.21. The van der Waals surface area contributed by atoms with Gasteiger partial charge in [0.25, 0.3) is 0 Å². The number of carbonyl (C=O) groups is 1. The van der Waals surface area contributed by atoms with Gasteiger partial charge in [-0.3, -0.25) is 9.48 Å². The van der Waals surface area contributed by atoms with Crippen molar-refractivity contribution in [1.82, 2.24) is 9.78 Å². The van der Waals surface area contributed by atoms with E-state index in [-0.39, 0.29) is 22.6 Å². The third-order valence-corrected chi connectivity index (χ3v) is 6.76. The number of fused-ring (bicyclic) bond motifs is 1. The van der Waals surface area contributed by atoms with Crippen molar-refractivity contribution in [2.75, 3.05) is 0 Å². The van der Waals surface area contributed by atoms with Gasteiger partial charge in [-0.05, 0) is 60.4 Å². The first-order valence-corrected chi connectivity index (χ1v) is 12.5. The molecule has 39 heavy (non-hydrogen) atoms. The third-order valence-electron chi connectivity index (χ3n) is 6.52. The Balaban J connectivity index is 1.57. The molecule has 0 aliphatic heterocycles. The molecule has 0 aliphatic rings. The summed E-state index contributed by atoms with van der Waals surface area (Å²) in [7, 11) is 0. The minimum atomic E-state index is -4.61. The van der Waals surface area contributed by atoms with Crippen molar-refractivity contribution in [3.05, 3.63) is 124 Å². The average Bonchev–Trinajstić information content (AvgIpc) is 3.27. The van der Waals surface area contributed by atoms with Crippen molar-refractivity contribution in [2.45, 2.75) is 25.6 Å². The Labute approximate surface area is 226 Å². The zero-order valence-corrected chi connectivity index (χ0v) is 21.2. The first-order valence-electron chi connectivity index (χ1n) is 12.1. The van der Waals surface area contributed by atoms with Crippen LogP contribution in [0.3, 0.4) is 0 Å². The number of amides is 1. The fourth-order valence-electron chi connectivity index (χ4n) is 4.65. The van der Waals surface area contributed by atoms with E-state index in [4.69, 9.17) is 17.3 Å². The van der Waals surface area contributed by atoms with Gasteiger partial charge < -0.3 is 5.73 Å². The normalized spacial score (nSPS) is 11.7. The molecule has 4 aromatic carbocycles. The summed E-state index contributed by atoms with van der Waals surface area (Å²) in [6.45, 7) is -0.0888. The number of carbonyl (C=O) groups excluding carboxylic acids is 1. The van der Waals surface area contributed by atoms with Crippen LogP contribution >= 0.6 is 11.6 Å². The molecule has 0 atom stereocenters. The highest BCUT2D eigenvalue weighted by Gasteiger charge is 2.34. The predicted octanol–water partition coefficient (Wildman–Crippen LogP) is 7.45. The van der Waals surface area contributed by atoms with E-state index in [9.17, 15) is 22.4 Å². The first kappa shape index (κ1) is 26.4. The van der Waals surface area contributed by atoms with E-state index in [1.807, 2.05) is 24.3 Å². The lowest BCUT2D eigenvalue weighted by Crippen LogP contribution is -2.11. The lowest BCUT2D eigenvalue weighted by atomic mass is 9.99. The van der Waals surface area contributed by atoms with Crippen LogP contribution in [0.5, 0.6) is 0 Å². The molecule has 0 aliphatic carbocycles. The quantitative estimate of drug-likeness (QED) is 0.214. The Hall–Kier alpha value is -4.17. The number of hydrogen-bond acceptors (Lipinski definition) is 2. The number of halogens is 5. The molecule has 0 saturated carbocycles. The van der Waals surface area contributed by atoms with Gasteiger partial charge in [0, 0.05) is 27.1 Å². The summed E-state index contributed by atoms with van der Waals surface area (Å²) < 4.78 is 57.6. The van der Waals surface area contributed by atoms with Gasteiger partial charge >= 0.3 is 6.18 Å². The summed E-state index contributed by atoms with van der Waals surface area (Å²) in [5.41, 5.74) is 7.95. The molecule has 5 aromatic rings. The van der Waals surface area contributed by atoms with Crippen LogP contribution in [0.25, 0.3) is 22.2 Å². The van der Waals surface area contributed by atoms with E-state index < -0.39 is 23.5 Å². The van der Waals surface area contributed by atoms with Crippen molar-refractivity contribution in [3.8, 4) is 11.3 Å². The van der Waals surface area contributed by atoms with Gasteiger partial charge in [-0.15, -0.1) is 0 Å². The number of primary amides is 1. The molecule has 1 heterocycles. The van der Waals surface area contributed by atoms with E-state index in [0.717, 1.165) is 23.3 Å². The molecule has 0 saturated heterocycles. The van der Waals surface area contributed by atoms with Crippen LogP contribution in [0.2, 0.25) is 5.02 Å². The van der Waals surface area contributed by atoms with Crippen molar-refractivity contribution < 1.29 is 22.4 Å².